The Bertz CT molecular complexity index is 738. The van der Waals surface area contributed by atoms with Crippen LogP contribution in [0.3, 0.4) is 0 Å². The van der Waals surface area contributed by atoms with Gasteiger partial charge in [-0.05, 0) is 18.2 Å². The summed E-state index contributed by atoms with van der Waals surface area (Å²) in [6, 6.07) is 3.80. The van der Waals surface area contributed by atoms with Crippen molar-refractivity contribution in [1.29, 1.82) is 0 Å². The number of nitro benzene ring substituents is 1. The largest absolute Gasteiger partial charge is 0.478 e. The number of carboxylic acid groups (broad SMARTS) is 1. The summed E-state index contributed by atoms with van der Waals surface area (Å²) in [6.45, 7) is 0. The Balaban J connectivity index is 2.39. The summed E-state index contributed by atoms with van der Waals surface area (Å²) in [6.07, 6.45) is 0.985. The molecule has 0 unspecified atom stereocenters. The Morgan fingerprint density at radius 2 is 2.14 bits per heavy atom. The molecule has 0 atom stereocenters. The minimum absolute atomic E-state index is 0.145. The number of benzene rings is 1. The molecule has 0 aliphatic heterocycles. The zero-order valence-corrected chi connectivity index (χ0v) is 10.9. The Hall–Kier alpha value is -2.74. The van der Waals surface area contributed by atoms with E-state index in [-0.39, 0.29) is 22.2 Å². The molecule has 2 rings (SSSR count). The van der Waals surface area contributed by atoms with Gasteiger partial charge in [-0.2, -0.15) is 0 Å². The molecule has 21 heavy (non-hydrogen) atoms. The van der Waals surface area contributed by atoms with Crippen LogP contribution in [-0.4, -0.2) is 21.0 Å². The van der Waals surface area contributed by atoms with Crippen molar-refractivity contribution in [3.63, 3.8) is 0 Å². The second-order valence-corrected chi connectivity index (χ2v) is 4.19. The molecule has 7 nitrogen and oxygen atoms in total. The van der Waals surface area contributed by atoms with Crippen molar-refractivity contribution in [2.45, 2.75) is 0 Å². The fourth-order valence-corrected chi connectivity index (χ4v) is 1.65. The SMILES string of the molecule is O=C(O)c1cnc(Oc2ccc(F)cc2[N+](=O)[O-])c(Cl)c1. The highest BCUT2D eigenvalue weighted by atomic mass is 35.5. The van der Waals surface area contributed by atoms with Crippen LogP contribution in [0.15, 0.2) is 30.5 Å². The number of hydrogen-bond donors (Lipinski definition) is 1. The molecular weight excluding hydrogens is 307 g/mol. The van der Waals surface area contributed by atoms with E-state index in [4.69, 9.17) is 21.4 Å². The van der Waals surface area contributed by atoms with E-state index in [9.17, 15) is 19.3 Å². The Morgan fingerprint density at radius 1 is 1.43 bits per heavy atom. The van der Waals surface area contributed by atoms with Gasteiger partial charge in [0.15, 0.2) is 0 Å². The normalized spacial score (nSPS) is 10.2. The number of halogens is 2. The first-order chi connectivity index (χ1) is 9.88. The van der Waals surface area contributed by atoms with Gasteiger partial charge in [-0.1, -0.05) is 11.6 Å². The van der Waals surface area contributed by atoms with Gasteiger partial charge in [0.2, 0.25) is 11.6 Å². The van der Waals surface area contributed by atoms with Gasteiger partial charge in [0.1, 0.15) is 10.8 Å². The average molecular weight is 313 g/mol. The summed E-state index contributed by atoms with van der Waals surface area (Å²) in [5.41, 5.74) is -0.767. The molecule has 0 aliphatic carbocycles. The van der Waals surface area contributed by atoms with Crippen LogP contribution in [0.4, 0.5) is 10.1 Å². The lowest BCUT2D eigenvalue weighted by molar-refractivity contribution is -0.385. The number of hydrogen-bond acceptors (Lipinski definition) is 5. The van der Waals surface area contributed by atoms with Crippen LogP contribution < -0.4 is 4.74 Å². The molecule has 0 bridgehead atoms. The first-order valence-electron chi connectivity index (χ1n) is 5.39. The Morgan fingerprint density at radius 3 is 2.71 bits per heavy atom. The number of carbonyl (C=O) groups is 1. The second kappa shape index (κ2) is 5.71. The van der Waals surface area contributed by atoms with Gasteiger partial charge in [0.05, 0.1) is 16.6 Å². The number of ether oxygens (including phenoxy) is 1. The number of aromatic nitrogens is 1. The molecule has 1 aromatic heterocycles. The lowest BCUT2D eigenvalue weighted by Gasteiger charge is -2.07. The zero-order valence-electron chi connectivity index (χ0n) is 10.1. The lowest BCUT2D eigenvalue weighted by Crippen LogP contribution is -2.00. The van der Waals surface area contributed by atoms with Crippen molar-refractivity contribution in [2.75, 3.05) is 0 Å². The summed E-state index contributed by atoms with van der Waals surface area (Å²) in [7, 11) is 0. The fourth-order valence-electron chi connectivity index (χ4n) is 1.44. The predicted octanol–water partition coefficient (Wildman–Crippen LogP) is 3.27. The van der Waals surface area contributed by atoms with E-state index in [0.717, 1.165) is 24.4 Å². The summed E-state index contributed by atoms with van der Waals surface area (Å²) in [5, 5.41) is 19.4. The summed E-state index contributed by atoms with van der Waals surface area (Å²) in [4.78, 5) is 24.4. The molecule has 0 saturated heterocycles. The molecule has 0 aliphatic rings. The third-order valence-corrected chi connectivity index (χ3v) is 2.65. The first-order valence-corrected chi connectivity index (χ1v) is 5.77. The maximum Gasteiger partial charge on any atom is 0.337 e. The van der Waals surface area contributed by atoms with Crippen molar-refractivity contribution in [3.05, 3.63) is 57.0 Å². The van der Waals surface area contributed by atoms with Crippen LogP contribution in [0.5, 0.6) is 11.6 Å². The molecule has 0 fully saturated rings. The van der Waals surface area contributed by atoms with Gasteiger partial charge in [0.25, 0.3) is 0 Å². The molecule has 2 aromatic rings. The molecule has 0 radical (unpaired) electrons. The van der Waals surface area contributed by atoms with E-state index in [1.54, 1.807) is 0 Å². The predicted molar refractivity (Wildman–Crippen MR) is 69.3 cm³/mol. The van der Waals surface area contributed by atoms with Crippen molar-refractivity contribution < 1.29 is 24.0 Å². The Labute approximate surface area is 121 Å². The average Bonchev–Trinajstić information content (AvgIpc) is 2.42. The quantitative estimate of drug-likeness (QED) is 0.686. The van der Waals surface area contributed by atoms with Gasteiger partial charge >= 0.3 is 11.7 Å². The molecule has 0 spiro atoms. The van der Waals surface area contributed by atoms with Crippen LogP contribution in [0, 0.1) is 15.9 Å². The monoisotopic (exact) mass is 312 g/mol. The number of carboxylic acids is 1. The topological polar surface area (TPSA) is 103 Å². The van der Waals surface area contributed by atoms with Crippen molar-refractivity contribution in [1.82, 2.24) is 4.98 Å². The minimum Gasteiger partial charge on any atom is -0.478 e. The fraction of sp³-hybridized carbons (Fsp3) is 0. The zero-order chi connectivity index (χ0) is 15.6. The highest BCUT2D eigenvalue weighted by Gasteiger charge is 2.19. The lowest BCUT2D eigenvalue weighted by atomic mass is 10.3. The number of pyridine rings is 1. The minimum atomic E-state index is -1.23. The molecule has 0 amide bonds. The molecular formula is C12H6ClFN2O5. The molecule has 1 aromatic carbocycles. The number of rotatable bonds is 4. The molecule has 9 heteroatoms. The van der Waals surface area contributed by atoms with E-state index < -0.39 is 22.4 Å². The smallest absolute Gasteiger partial charge is 0.337 e. The Kier molecular flexibility index (Phi) is 3.99. The maximum absolute atomic E-state index is 13.0. The van der Waals surface area contributed by atoms with Gasteiger partial charge in [-0.3, -0.25) is 10.1 Å². The highest BCUT2D eigenvalue weighted by Crippen LogP contribution is 2.34. The van der Waals surface area contributed by atoms with Crippen LogP contribution in [0.2, 0.25) is 5.02 Å². The van der Waals surface area contributed by atoms with Gasteiger partial charge in [-0.25, -0.2) is 14.2 Å². The molecule has 1 heterocycles. The molecule has 108 valence electrons. The maximum atomic E-state index is 13.0. The van der Waals surface area contributed by atoms with Crippen molar-refractivity contribution in [2.24, 2.45) is 0 Å². The number of nitro groups is 1. The molecule has 1 N–H and O–H groups in total. The van der Waals surface area contributed by atoms with Gasteiger partial charge in [-0.15, -0.1) is 0 Å². The van der Waals surface area contributed by atoms with Crippen LogP contribution in [0.1, 0.15) is 10.4 Å². The van der Waals surface area contributed by atoms with E-state index in [1.165, 1.54) is 0 Å². The summed E-state index contributed by atoms with van der Waals surface area (Å²) < 4.78 is 18.1. The van der Waals surface area contributed by atoms with Crippen molar-refractivity contribution in [3.8, 4) is 11.6 Å². The van der Waals surface area contributed by atoms with E-state index in [2.05, 4.69) is 4.98 Å². The third-order valence-electron chi connectivity index (χ3n) is 2.38. The number of nitrogens with zero attached hydrogens (tertiary/aromatic N) is 2. The first kappa shape index (κ1) is 14.7. The molecule has 0 saturated carbocycles. The number of aromatic carboxylic acids is 1. The van der Waals surface area contributed by atoms with E-state index in [1.807, 2.05) is 0 Å². The summed E-state index contributed by atoms with van der Waals surface area (Å²) >= 11 is 5.79. The van der Waals surface area contributed by atoms with Gasteiger partial charge in [0, 0.05) is 6.20 Å². The van der Waals surface area contributed by atoms with Crippen molar-refractivity contribution >= 4 is 23.3 Å². The van der Waals surface area contributed by atoms with Crippen LogP contribution >= 0.6 is 11.6 Å². The summed E-state index contributed by atoms with van der Waals surface area (Å²) in [5.74, 6) is -2.52. The van der Waals surface area contributed by atoms with Crippen LogP contribution in [0.25, 0.3) is 0 Å². The highest BCUT2D eigenvalue weighted by molar-refractivity contribution is 6.32. The standard InChI is InChI=1S/C12H6ClFN2O5/c13-8-3-6(12(17)18)5-15-11(8)21-10-2-1-7(14)4-9(10)16(19)20/h1-5H,(H,17,18). The van der Waals surface area contributed by atoms with E-state index >= 15 is 0 Å². The van der Waals surface area contributed by atoms with Gasteiger partial charge < -0.3 is 9.84 Å². The van der Waals surface area contributed by atoms with E-state index in [0.29, 0.717) is 6.07 Å². The second-order valence-electron chi connectivity index (χ2n) is 3.79. The third kappa shape index (κ3) is 3.23. The van der Waals surface area contributed by atoms with Crippen LogP contribution in [-0.2, 0) is 0 Å².